The molecule has 4 nitrogen and oxygen atoms in total. The largest absolute Gasteiger partial charge is 0.369 e. The average Bonchev–Trinajstić information content (AvgIpc) is 3.18. The van der Waals surface area contributed by atoms with Crippen molar-refractivity contribution in [3.63, 3.8) is 0 Å². The smallest absolute Gasteiger partial charge is 0.0412 e. The molecule has 0 radical (unpaired) electrons. The molecule has 0 saturated carbocycles. The topological polar surface area (TPSA) is 25.5 Å². The molecule has 1 N–H and O–H groups in total. The van der Waals surface area contributed by atoms with Crippen molar-refractivity contribution in [3.05, 3.63) is 53.9 Å². The molecule has 2 aliphatic heterocycles. The fraction of sp³-hybridized carbons (Fsp3) is 0.524. The number of nitrogens with zero attached hydrogens (tertiary/aromatic N) is 3. The predicted octanol–water partition coefficient (Wildman–Crippen LogP) is 3.15. The normalized spacial score (nSPS) is 20.9. The molecule has 25 heavy (non-hydrogen) atoms. The van der Waals surface area contributed by atoms with Gasteiger partial charge in [0.25, 0.3) is 0 Å². The third-order valence-corrected chi connectivity index (χ3v) is 5.88. The molecule has 0 atom stereocenters. The second-order valence-electron chi connectivity index (χ2n) is 7.59. The zero-order chi connectivity index (χ0) is 17.1. The second-order valence-corrected chi connectivity index (χ2v) is 7.59. The van der Waals surface area contributed by atoms with Crippen LogP contribution >= 0.6 is 0 Å². The third kappa shape index (κ3) is 3.91. The molecule has 4 rings (SSSR count). The van der Waals surface area contributed by atoms with Crippen LogP contribution in [0.25, 0.3) is 0 Å². The zero-order valence-corrected chi connectivity index (χ0v) is 15.3. The molecule has 3 heterocycles. The highest BCUT2D eigenvalue weighted by Gasteiger charge is 2.23. The number of H-pyrrole nitrogens is 1. The number of hydrogen-bond donors (Lipinski definition) is 1. The van der Waals surface area contributed by atoms with Gasteiger partial charge in [-0.05, 0) is 56.7 Å². The molecular formula is C21H30N4. The zero-order valence-electron chi connectivity index (χ0n) is 15.3. The van der Waals surface area contributed by atoms with Gasteiger partial charge in [0.15, 0.2) is 0 Å². The molecule has 0 bridgehead atoms. The van der Waals surface area contributed by atoms with Gasteiger partial charge in [0.2, 0.25) is 0 Å². The predicted molar refractivity (Wildman–Crippen MR) is 104 cm³/mol. The molecule has 134 valence electrons. The molecule has 2 fully saturated rings. The quantitative estimate of drug-likeness (QED) is 0.927. The molecule has 0 aliphatic carbocycles. The molecule has 0 amide bonds. The Labute approximate surface area is 151 Å². The summed E-state index contributed by atoms with van der Waals surface area (Å²) in [5, 5.41) is 0. The van der Waals surface area contributed by atoms with Crippen molar-refractivity contribution < 1.29 is 0 Å². The lowest BCUT2D eigenvalue weighted by atomic mass is 9.93. The number of piperazine rings is 1. The summed E-state index contributed by atoms with van der Waals surface area (Å²) in [5.41, 5.74) is 4.35. The number of anilines is 1. The summed E-state index contributed by atoms with van der Waals surface area (Å²) in [5.74, 6) is 0.708. The van der Waals surface area contributed by atoms with Gasteiger partial charge in [-0.1, -0.05) is 18.2 Å². The first-order valence-corrected chi connectivity index (χ1v) is 9.66. The van der Waals surface area contributed by atoms with E-state index < -0.39 is 0 Å². The van der Waals surface area contributed by atoms with Crippen LogP contribution in [0.3, 0.4) is 0 Å². The highest BCUT2D eigenvalue weighted by Crippen LogP contribution is 2.29. The van der Waals surface area contributed by atoms with Gasteiger partial charge >= 0.3 is 0 Å². The number of para-hydroxylation sites is 1. The maximum Gasteiger partial charge on any atom is 0.0412 e. The molecule has 4 heteroatoms. The number of aromatic amines is 1. The van der Waals surface area contributed by atoms with E-state index in [4.69, 9.17) is 0 Å². The number of rotatable bonds is 4. The summed E-state index contributed by atoms with van der Waals surface area (Å²) in [4.78, 5) is 11.0. The summed E-state index contributed by atoms with van der Waals surface area (Å²) < 4.78 is 0. The van der Waals surface area contributed by atoms with Crippen LogP contribution in [0.4, 0.5) is 5.69 Å². The molecule has 1 aromatic heterocycles. The lowest BCUT2D eigenvalue weighted by molar-refractivity contribution is 0.203. The Balaban J connectivity index is 1.38. The first-order valence-electron chi connectivity index (χ1n) is 9.66. The molecule has 2 aromatic rings. The lowest BCUT2D eigenvalue weighted by Gasteiger charge is -2.37. The average molecular weight is 338 g/mol. The van der Waals surface area contributed by atoms with Crippen molar-refractivity contribution in [1.29, 1.82) is 0 Å². The number of benzene rings is 1. The summed E-state index contributed by atoms with van der Waals surface area (Å²) in [6.07, 6.45) is 4.57. The number of likely N-dealkylation sites (N-methyl/N-ethyl adjacent to an activating group) is 1. The minimum absolute atomic E-state index is 0.708. The number of hydrogen-bond acceptors (Lipinski definition) is 3. The maximum atomic E-state index is 3.40. The molecular weight excluding hydrogens is 308 g/mol. The van der Waals surface area contributed by atoms with E-state index in [-0.39, 0.29) is 0 Å². The van der Waals surface area contributed by atoms with Gasteiger partial charge in [0, 0.05) is 56.2 Å². The Morgan fingerprint density at radius 1 is 0.920 bits per heavy atom. The number of piperidine rings is 1. The second kappa shape index (κ2) is 7.63. The number of nitrogens with one attached hydrogen (secondary N) is 1. The van der Waals surface area contributed by atoms with Crippen molar-refractivity contribution in [2.75, 3.05) is 51.2 Å². The van der Waals surface area contributed by atoms with Crippen LogP contribution in [-0.2, 0) is 6.54 Å². The van der Waals surface area contributed by atoms with Gasteiger partial charge in [0.1, 0.15) is 0 Å². The minimum atomic E-state index is 0.708. The highest BCUT2D eigenvalue weighted by molar-refractivity contribution is 5.54. The molecule has 1 aromatic carbocycles. The van der Waals surface area contributed by atoms with Crippen LogP contribution in [0.1, 0.15) is 30.0 Å². The van der Waals surface area contributed by atoms with Crippen molar-refractivity contribution >= 4 is 5.69 Å². The highest BCUT2D eigenvalue weighted by atomic mass is 15.3. The molecule has 0 unspecified atom stereocenters. The standard InChI is InChI=1S/C21H30N4/c1-23-13-15-25(16-14-23)21-7-3-2-5-19(21)17-24-11-8-18(9-12-24)20-6-4-10-22-20/h2-7,10,18,22H,8-9,11-17H2,1H3. The van der Waals surface area contributed by atoms with Gasteiger partial charge < -0.3 is 14.8 Å². The van der Waals surface area contributed by atoms with E-state index in [0.717, 1.165) is 32.7 Å². The Morgan fingerprint density at radius 3 is 2.40 bits per heavy atom. The van der Waals surface area contributed by atoms with E-state index in [1.807, 2.05) is 6.20 Å². The molecule has 0 spiro atoms. The van der Waals surface area contributed by atoms with Crippen LogP contribution in [0.2, 0.25) is 0 Å². The first kappa shape index (κ1) is 16.7. The van der Waals surface area contributed by atoms with Gasteiger partial charge in [-0.2, -0.15) is 0 Å². The van der Waals surface area contributed by atoms with Crippen molar-refractivity contribution in [2.45, 2.75) is 25.3 Å². The maximum absolute atomic E-state index is 3.40. The number of aromatic nitrogens is 1. The minimum Gasteiger partial charge on any atom is -0.369 e. The summed E-state index contributed by atoms with van der Waals surface area (Å²) in [7, 11) is 2.22. The van der Waals surface area contributed by atoms with Crippen LogP contribution in [0.5, 0.6) is 0 Å². The molecule has 2 saturated heterocycles. The van der Waals surface area contributed by atoms with Crippen molar-refractivity contribution in [2.24, 2.45) is 0 Å². The van der Waals surface area contributed by atoms with E-state index in [1.165, 1.54) is 42.9 Å². The fourth-order valence-corrected chi connectivity index (χ4v) is 4.24. The summed E-state index contributed by atoms with van der Waals surface area (Å²) in [6.45, 7) is 8.08. The fourth-order valence-electron chi connectivity index (χ4n) is 4.24. The first-order chi connectivity index (χ1) is 12.3. The Kier molecular flexibility index (Phi) is 5.09. The Bertz CT molecular complexity index is 650. The van der Waals surface area contributed by atoms with E-state index >= 15 is 0 Å². The van der Waals surface area contributed by atoms with E-state index in [0.29, 0.717) is 5.92 Å². The van der Waals surface area contributed by atoms with Crippen LogP contribution in [0.15, 0.2) is 42.6 Å². The monoisotopic (exact) mass is 338 g/mol. The Hall–Kier alpha value is -1.78. The molecule has 2 aliphatic rings. The van der Waals surface area contributed by atoms with Crippen LogP contribution < -0.4 is 4.90 Å². The van der Waals surface area contributed by atoms with E-state index in [9.17, 15) is 0 Å². The van der Waals surface area contributed by atoms with Gasteiger partial charge in [-0.25, -0.2) is 0 Å². The van der Waals surface area contributed by atoms with Gasteiger partial charge in [0.05, 0.1) is 0 Å². The SMILES string of the molecule is CN1CCN(c2ccccc2CN2CCC(c3ccc[nH]3)CC2)CC1. The van der Waals surface area contributed by atoms with Gasteiger partial charge in [-0.15, -0.1) is 0 Å². The summed E-state index contributed by atoms with van der Waals surface area (Å²) >= 11 is 0. The van der Waals surface area contributed by atoms with Crippen LogP contribution in [-0.4, -0.2) is 61.1 Å². The van der Waals surface area contributed by atoms with E-state index in [1.54, 1.807) is 0 Å². The van der Waals surface area contributed by atoms with Crippen molar-refractivity contribution in [3.8, 4) is 0 Å². The van der Waals surface area contributed by atoms with Gasteiger partial charge in [-0.3, -0.25) is 4.90 Å². The van der Waals surface area contributed by atoms with E-state index in [2.05, 4.69) is 63.1 Å². The van der Waals surface area contributed by atoms with Crippen LogP contribution in [0, 0.1) is 0 Å². The third-order valence-electron chi connectivity index (χ3n) is 5.88. The lowest BCUT2D eigenvalue weighted by Crippen LogP contribution is -2.45. The summed E-state index contributed by atoms with van der Waals surface area (Å²) in [6, 6.07) is 13.4. The van der Waals surface area contributed by atoms with Crippen molar-refractivity contribution in [1.82, 2.24) is 14.8 Å². The number of likely N-dealkylation sites (tertiary alicyclic amines) is 1. The Morgan fingerprint density at radius 2 is 1.68 bits per heavy atom.